The Hall–Kier alpha value is -2.15. The predicted octanol–water partition coefficient (Wildman–Crippen LogP) is 4.17. The molecule has 0 radical (unpaired) electrons. The van der Waals surface area contributed by atoms with E-state index in [-0.39, 0.29) is 23.9 Å². The minimum atomic E-state index is -4.80. The summed E-state index contributed by atoms with van der Waals surface area (Å²) in [5, 5.41) is 3.30. The fourth-order valence-electron chi connectivity index (χ4n) is 2.85. The van der Waals surface area contributed by atoms with Gasteiger partial charge in [0.15, 0.2) is 5.50 Å². The van der Waals surface area contributed by atoms with E-state index < -0.39 is 37.0 Å². The summed E-state index contributed by atoms with van der Waals surface area (Å²) in [6.07, 6.45) is -3.35. The Morgan fingerprint density at radius 3 is 2.50 bits per heavy atom. The van der Waals surface area contributed by atoms with Gasteiger partial charge in [-0.05, 0) is 37.3 Å². The SMILES string of the molecule is CCOCCOc1cc(S(=O)(=O)c2ccc(Cl)c(C(F)(F)F)c2)ccc1N1C=NNC1S. The van der Waals surface area contributed by atoms with Crippen molar-refractivity contribution < 1.29 is 31.1 Å². The smallest absolute Gasteiger partial charge is 0.417 e. The molecule has 0 saturated carbocycles. The van der Waals surface area contributed by atoms with Crippen molar-refractivity contribution in [3.05, 3.63) is 47.0 Å². The highest BCUT2D eigenvalue weighted by atomic mass is 35.5. The number of nitrogens with one attached hydrogen (secondary N) is 1. The number of ether oxygens (including phenoxy) is 2. The topological polar surface area (TPSA) is 80.2 Å². The van der Waals surface area contributed by atoms with Crippen molar-refractivity contribution in [2.75, 3.05) is 24.7 Å². The van der Waals surface area contributed by atoms with Gasteiger partial charge in [-0.15, -0.1) is 12.6 Å². The number of alkyl halides is 3. The van der Waals surface area contributed by atoms with Gasteiger partial charge in [0.1, 0.15) is 18.7 Å². The van der Waals surface area contributed by atoms with Gasteiger partial charge in [0.25, 0.3) is 0 Å². The number of hydrazone groups is 1. The van der Waals surface area contributed by atoms with Gasteiger partial charge in [0.05, 0.1) is 32.7 Å². The average molecular weight is 510 g/mol. The predicted molar refractivity (Wildman–Crippen MR) is 117 cm³/mol. The number of thiol groups is 1. The average Bonchev–Trinajstić information content (AvgIpc) is 3.16. The number of nitrogens with zero attached hydrogens (tertiary/aromatic N) is 2. The first-order valence-corrected chi connectivity index (χ1v) is 11.6. The van der Waals surface area contributed by atoms with Crippen LogP contribution in [0.3, 0.4) is 0 Å². The van der Waals surface area contributed by atoms with Crippen molar-refractivity contribution in [3.8, 4) is 5.75 Å². The van der Waals surface area contributed by atoms with E-state index in [4.69, 9.17) is 21.1 Å². The zero-order valence-corrected chi connectivity index (χ0v) is 19.1. The Labute approximate surface area is 193 Å². The lowest BCUT2D eigenvalue weighted by molar-refractivity contribution is -0.137. The Morgan fingerprint density at radius 1 is 1.19 bits per heavy atom. The number of halogens is 4. The summed E-state index contributed by atoms with van der Waals surface area (Å²) >= 11 is 9.95. The van der Waals surface area contributed by atoms with Crippen molar-refractivity contribution in [2.45, 2.75) is 28.4 Å². The first-order valence-electron chi connectivity index (χ1n) is 9.27. The summed E-state index contributed by atoms with van der Waals surface area (Å²) in [6.45, 7) is 2.68. The van der Waals surface area contributed by atoms with Crippen molar-refractivity contribution in [2.24, 2.45) is 5.10 Å². The number of hydrogen-bond donors (Lipinski definition) is 2. The maximum Gasteiger partial charge on any atom is 0.417 e. The van der Waals surface area contributed by atoms with Crippen LogP contribution >= 0.6 is 24.2 Å². The molecule has 1 heterocycles. The molecule has 0 amide bonds. The van der Waals surface area contributed by atoms with Crippen molar-refractivity contribution >= 4 is 46.1 Å². The molecule has 0 aliphatic carbocycles. The third-order valence-electron chi connectivity index (χ3n) is 4.40. The Kier molecular flexibility index (Phi) is 7.48. The highest BCUT2D eigenvalue weighted by Gasteiger charge is 2.35. The van der Waals surface area contributed by atoms with Gasteiger partial charge in [0, 0.05) is 12.7 Å². The number of anilines is 1. The summed E-state index contributed by atoms with van der Waals surface area (Å²) in [5.74, 6) is 0.171. The number of rotatable bonds is 8. The highest BCUT2D eigenvalue weighted by molar-refractivity contribution is 7.91. The quantitative estimate of drug-likeness (QED) is 0.410. The largest absolute Gasteiger partial charge is 0.489 e. The van der Waals surface area contributed by atoms with E-state index in [1.165, 1.54) is 24.5 Å². The molecule has 0 fully saturated rings. The number of benzene rings is 2. The van der Waals surface area contributed by atoms with E-state index in [0.29, 0.717) is 18.4 Å². The molecule has 174 valence electrons. The van der Waals surface area contributed by atoms with Crippen LogP contribution in [0.5, 0.6) is 5.75 Å². The van der Waals surface area contributed by atoms with Gasteiger partial charge < -0.3 is 9.47 Å². The standard InChI is InChI=1S/C19H19ClF3N3O4S2/c1-2-29-7-8-30-17-10-13(4-6-16(17)26-11-24-25-18(26)31)32(27,28)12-3-5-15(20)14(9-12)19(21,22)23/h3-6,9-11,18,25,31H,2,7-8H2,1H3. The summed E-state index contributed by atoms with van der Waals surface area (Å²) in [5.41, 5.74) is 1.42. The highest BCUT2D eigenvalue weighted by Crippen LogP contribution is 2.38. The van der Waals surface area contributed by atoms with Crippen LogP contribution in [0.15, 0.2) is 51.3 Å². The molecule has 32 heavy (non-hydrogen) atoms. The molecule has 1 N–H and O–H groups in total. The maximum absolute atomic E-state index is 13.2. The van der Waals surface area contributed by atoms with Crippen molar-refractivity contribution in [1.29, 1.82) is 0 Å². The molecule has 1 aliphatic heterocycles. The molecule has 1 unspecified atom stereocenters. The zero-order valence-electron chi connectivity index (χ0n) is 16.6. The molecule has 1 atom stereocenters. The van der Waals surface area contributed by atoms with Crippen LogP contribution in [-0.4, -0.2) is 40.1 Å². The first-order chi connectivity index (χ1) is 15.1. The van der Waals surface area contributed by atoms with E-state index >= 15 is 0 Å². The minimum Gasteiger partial charge on any atom is -0.489 e. The maximum atomic E-state index is 13.2. The molecule has 7 nitrogen and oxygen atoms in total. The lowest BCUT2D eigenvalue weighted by Crippen LogP contribution is -2.32. The molecular formula is C19H19ClF3N3O4S2. The van der Waals surface area contributed by atoms with Gasteiger partial charge in [0.2, 0.25) is 9.84 Å². The van der Waals surface area contributed by atoms with E-state index in [0.717, 1.165) is 12.1 Å². The lowest BCUT2D eigenvalue weighted by atomic mass is 10.2. The Bertz CT molecular complexity index is 1110. The van der Waals surface area contributed by atoms with Gasteiger partial charge >= 0.3 is 6.18 Å². The zero-order chi connectivity index (χ0) is 23.5. The lowest BCUT2D eigenvalue weighted by Gasteiger charge is -2.23. The van der Waals surface area contributed by atoms with Gasteiger partial charge in [-0.25, -0.2) is 8.42 Å². The third-order valence-corrected chi connectivity index (χ3v) is 6.84. The normalized spacial score (nSPS) is 16.3. The van der Waals surface area contributed by atoms with Crippen molar-refractivity contribution in [1.82, 2.24) is 5.43 Å². The Balaban J connectivity index is 2.02. The van der Waals surface area contributed by atoms with E-state index in [2.05, 4.69) is 23.2 Å². The van der Waals surface area contributed by atoms with Crippen LogP contribution in [0.25, 0.3) is 0 Å². The molecule has 1 aliphatic rings. The fourth-order valence-corrected chi connectivity index (χ4v) is 4.63. The van der Waals surface area contributed by atoms with Crippen LogP contribution in [0.2, 0.25) is 5.02 Å². The van der Waals surface area contributed by atoms with Gasteiger partial charge in [-0.2, -0.15) is 18.3 Å². The van der Waals surface area contributed by atoms with E-state index in [9.17, 15) is 21.6 Å². The first kappa shape index (κ1) is 24.5. The van der Waals surface area contributed by atoms with Crippen LogP contribution in [-0.2, 0) is 20.8 Å². The van der Waals surface area contributed by atoms with E-state index in [1.807, 2.05) is 6.92 Å². The molecule has 2 aromatic rings. The summed E-state index contributed by atoms with van der Waals surface area (Å²) < 4.78 is 76.7. The molecule has 13 heteroatoms. The molecule has 3 rings (SSSR count). The second-order valence-electron chi connectivity index (χ2n) is 6.47. The Morgan fingerprint density at radius 2 is 1.88 bits per heavy atom. The monoisotopic (exact) mass is 509 g/mol. The van der Waals surface area contributed by atoms with Gasteiger partial charge in [-0.3, -0.25) is 10.3 Å². The van der Waals surface area contributed by atoms with Crippen LogP contribution in [0, 0.1) is 0 Å². The molecular weight excluding hydrogens is 491 g/mol. The van der Waals surface area contributed by atoms with Crippen LogP contribution < -0.4 is 15.1 Å². The molecule has 0 aromatic heterocycles. The fraction of sp³-hybridized carbons (Fsp3) is 0.316. The summed E-state index contributed by atoms with van der Waals surface area (Å²) in [6, 6.07) is 6.42. The molecule has 2 aromatic carbocycles. The van der Waals surface area contributed by atoms with Crippen LogP contribution in [0.1, 0.15) is 12.5 Å². The molecule has 0 bridgehead atoms. The minimum absolute atomic E-state index is 0.124. The van der Waals surface area contributed by atoms with Crippen molar-refractivity contribution in [3.63, 3.8) is 0 Å². The van der Waals surface area contributed by atoms with E-state index in [1.54, 1.807) is 4.90 Å². The number of sulfone groups is 1. The number of hydrogen-bond acceptors (Lipinski definition) is 8. The third kappa shape index (κ3) is 5.25. The summed E-state index contributed by atoms with van der Waals surface area (Å²) in [7, 11) is -4.31. The summed E-state index contributed by atoms with van der Waals surface area (Å²) in [4.78, 5) is 0.807. The second kappa shape index (κ2) is 9.77. The van der Waals surface area contributed by atoms with Gasteiger partial charge in [-0.1, -0.05) is 11.6 Å². The molecule has 0 spiro atoms. The molecule has 0 saturated heterocycles. The second-order valence-corrected chi connectivity index (χ2v) is 9.32. The van der Waals surface area contributed by atoms with Crippen LogP contribution in [0.4, 0.5) is 18.9 Å².